The highest BCUT2D eigenvalue weighted by molar-refractivity contribution is 5.92. The molecule has 0 aliphatic heterocycles. The molecular weight excluding hydrogens is 294 g/mol. The zero-order valence-corrected chi connectivity index (χ0v) is 12.7. The van der Waals surface area contributed by atoms with Gasteiger partial charge in [-0.3, -0.25) is 9.89 Å². The molecule has 0 saturated heterocycles. The molecule has 1 aromatic carbocycles. The fourth-order valence-corrected chi connectivity index (χ4v) is 2.15. The van der Waals surface area contributed by atoms with E-state index < -0.39 is 0 Å². The molecule has 0 saturated carbocycles. The van der Waals surface area contributed by atoms with Gasteiger partial charge in [-0.25, -0.2) is 0 Å². The molecule has 7 heteroatoms. The van der Waals surface area contributed by atoms with Crippen molar-refractivity contribution in [2.24, 2.45) is 0 Å². The smallest absolute Gasteiger partial charge is 0.272 e. The third-order valence-electron chi connectivity index (χ3n) is 3.28. The number of hydrogen-bond donors (Lipinski definition) is 2. The van der Waals surface area contributed by atoms with Crippen molar-refractivity contribution in [3.63, 3.8) is 0 Å². The number of nitrogens with one attached hydrogen (secondary N) is 2. The molecule has 118 valence electrons. The summed E-state index contributed by atoms with van der Waals surface area (Å²) < 4.78 is 5.15. The number of rotatable bonds is 6. The number of aromatic nitrogens is 4. The van der Waals surface area contributed by atoms with Crippen LogP contribution in [0.15, 0.2) is 40.9 Å². The molecular formula is C16H17N5O2. The van der Waals surface area contributed by atoms with Gasteiger partial charge < -0.3 is 9.84 Å². The van der Waals surface area contributed by atoms with Gasteiger partial charge in [0.15, 0.2) is 0 Å². The van der Waals surface area contributed by atoms with Gasteiger partial charge in [0, 0.05) is 11.3 Å². The molecule has 2 N–H and O–H groups in total. The normalized spacial score (nSPS) is 10.7. The summed E-state index contributed by atoms with van der Waals surface area (Å²) in [4.78, 5) is 16.3. The van der Waals surface area contributed by atoms with Crippen LogP contribution in [0.2, 0.25) is 0 Å². The van der Waals surface area contributed by atoms with Crippen LogP contribution in [0.5, 0.6) is 0 Å². The number of benzene rings is 1. The van der Waals surface area contributed by atoms with E-state index in [-0.39, 0.29) is 12.5 Å². The fourth-order valence-electron chi connectivity index (χ4n) is 2.15. The predicted molar refractivity (Wildman–Crippen MR) is 83.5 cm³/mol. The SMILES string of the molecule is CCCc1cc(C(=O)NCc2nc(-c3ccccc3)no2)n[nH]1. The van der Waals surface area contributed by atoms with Gasteiger partial charge in [0.2, 0.25) is 11.7 Å². The first-order chi connectivity index (χ1) is 11.3. The largest absolute Gasteiger partial charge is 0.342 e. The van der Waals surface area contributed by atoms with Gasteiger partial charge in [-0.05, 0) is 12.5 Å². The van der Waals surface area contributed by atoms with E-state index in [0.29, 0.717) is 17.4 Å². The first-order valence-corrected chi connectivity index (χ1v) is 7.46. The molecule has 0 unspecified atom stereocenters. The maximum atomic E-state index is 12.0. The second-order valence-electron chi connectivity index (χ2n) is 5.09. The number of aryl methyl sites for hydroxylation is 1. The molecule has 3 aromatic rings. The minimum absolute atomic E-state index is 0.161. The minimum Gasteiger partial charge on any atom is -0.342 e. The Morgan fingerprint density at radius 3 is 2.91 bits per heavy atom. The van der Waals surface area contributed by atoms with Crippen LogP contribution >= 0.6 is 0 Å². The molecule has 0 spiro atoms. The lowest BCUT2D eigenvalue weighted by atomic mass is 10.2. The van der Waals surface area contributed by atoms with E-state index >= 15 is 0 Å². The Morgan fingerprint density at radius 1 is 1.30 bits per heavy atom. The Morgan fingerprint density at radius 2 is 2.13 bits per heavy atom. The van der Waals surface area contributed by atoms with Crippen LogP contribution in [0.1, 0.15) is 35.4 Å². The average Bonchev–Trinajstić information content (AvgIpc) is 3.23. The van der Waals surface area contributed by atoms with Crippen molar-refractivity contribution < 1.29 is 9.32 Å². The van der Waals surface area contributed by atoms with Crippen LogP contribution < -0.4 is 5.32 Å². The Balaban J connectivity index is 1.60. The van der Waals surface area contributed by atoms with Crippen molar-refractivity contribution in [2.75, 3.05) is 0 Å². The minimum atomic E-state index is -0.275. The zero-order valence-electron chi connectivity index (χ0n) is 12.7. The van der Waals surface area contributed by atoms with Crippen LogP contribution in [0.4, 0.5) is 0 Å². The van der Waals surface area contributed by atoms with Gasteiger partial charge in [0.05, 0.1) is 6.54 Å². The van der Waals surface area contributed by atoms with E-state index in [4.69, 9.17) is 4.52 Å². The quantitative estimate of drug-likeness (QED) is 0.728. The van der Waals surface area contributed by atoms with Crippen LogP contribution in [0.25, 0.3) is 11.4 Å². The van der Waals surface area contributed by atoms with Gasteiger partial charge in [-0.1, -0.05) is 48.8 Å². The molecule has 0 bridgehead atoms. The zero-order chi connectivity index (χ0) is 16.1. The van der Waals surface area contributed by atoms with Gasteiger partial charge >= 0.3 is 0 Å². The summed E-state index contributed by atoms with van der Waals surface area (Å²) >= 11 is 0. The number of hydrogen-bond acceptors (Lipinski definition) is 5. The number of carbonyl (C=O) groups is 1. The number of H-pyrrole nitrogens is 1. The average molecular weight is 311 g/mol. The maximum Gasteiger partial charge on any atom is 0.272 e. The first kappa shape index (κ1) is 15.0. The highest BCUT2D eigenvalue weighted by Gasteiger charge is 2.13. The summed E-state index contributed by atoms with van der Waals surface area (Å²) in [6.07, 6.45) is 1.86. The molecule has 0 fully saturated rings. The van der Waals surface area contributed by atoms with E-state index in [1.54, 1.807) is 6.07 Å². The van der Waals surface area contributed by atoms with E-state index in [9.17, 15) is 4.79 Å². The third-order valence-corrected chi connectivity index (χ3v) is 3.28. The van der Waals surface area contributed by atoms with Crippen molar-refractivity contribution in [3.8, 4) is 11.4 Å². The molecule has 2 aromatic heterocycles. The fraction of sp³-hybridized carbons (Fsp3) is 0.250. The Kier molecular flexibility index (Phi) is 4.46. The van der Waals surface area contributed by atoms with Crippen molar-refractivity contribution in [1.29, 1.82) is 0 Å². The molecule has 1 amide bonds. The monoisotopic (exact) mass is 311 g/mol. The molecule has 23 heavy (non-hydrogen) atoms. The summed E-state index contributed by atoms with van der Waals surface area (Å²) in [5, 5.41) is 13.5. The van der Waals surface area contributed by atoms with Crippen molar-refractivity contribution in [2.45, 2.75) is 26.3 Å². The lowest BCUT2D eigenvalue weighted by Gasteiger charge is -1.97. The molecule has 3 rings (SSSR count). The summed E-state index contributed by atoms with van der Waals surface area (Å²) in [6, 6.07) is 11.3. The van der Waals surface area contributed by atoms with E-state index in [0.717, 1.165) is 24.1 Å². The number of nitrogens with zero attached hydrogens (tertiary/aromatic N) is 3. The second kappa shape index (κ2) is 6.87. The van der Waals surface area contributed by atoms with Crippen LogP contribution in [-0.2, 0) is 13.0 Å². The standard InChI is InChI=1S/C16H17N5O2/c1-2-6-12-9-13(20-19-12)16(22)17-10-14-18-15(21-23-14)11-7-4-3-5-8-11/h3-5,7-9H,2,6,10H2,1H3,(H,17,22)(H,19,20). The first-order valence-electron chi connectivity index (χ1n) is 7.46. The summed E-state index contributed by atoms with van der Waals surface area (Å²) in [6.45, 7) is 2.23. The highest BCUT2D eigenvalue weighted by Crippen LogP contribution is 2.14. The van der Waals surface area contributed by atoms with Gasteiger partial charge in [-0.15, -0.1) is 0 Å². The molecule has 0 aliphatic carbocycles. The van der Waals surface area contributed by atoms with Gasteiger partial charge in [0.1, 0.15) is 5.69 Å². The van der Waals surface area contributed by atoms with Gasteiger partial charge in [0.25, 0.3) is 5.91 Å². The topological polar surface area (TPSA) is 96.7 Å². The van der Waals surface area contributed by atoms with Gasteiger partial charge in [-0.2, -0.15) is 10.1 Å². The Hall–Kier alpha value is -2.96. The molecule has 0 radical (unpaired) electrons. The predicted octanol–water partition coefficient (Wildman–Crippen LogP) is 2.34. The third kappa shape index (κ3) is 3.63. The molecule has 0 aliphatic rings. The van der Waals surface area contributed by atoms with Crippen LogP contribution in [-0.4, -0.2) is 26.2 Å². The summed E-state index contributed by atoms with van der Waals surface area (Å²) in [7, 11) is 0. The number of aromatic amines is 1. The maximum absolute atomic E-state index is 12.0. The van der Waals surface area contributed by atoms with Crippen molar-refractivity contribution in [1.82, 2.24) is 25.7 Å². The van der Waals surface area contributed by atoms with Crippen LogP contribution in [0, 0.1) is 0 Å². The molecule has 0 atom stereocenters. The second-order valence-corrected chi connectivity index (χ2v) is 5.09. The lowest BCUT2D eigenvalue weighted by Crippen LogP contribution is -2.23. The molecule has 2 heterocycles. The van der Waals surface area contributed by atoms with Crippen molar-refractivity contribution in [3.05, 3.63) is 53.7 Å². The summed E-state index contributed by atoms with van der Waals surface area (Å²) in [5.41, 5.74) is 2.17. The van der Waals surface area contributed by atoms with E-state index in [1.165, 1.54) is 0 Å². The van der Waals surface area contributed by atoms with Crippen LogP contribution in [0.3, 0.4) is 0 Å². The van der Waals surface area contributed by atoms with E-state index in [1.807, 2.05) is 30.3 Å². The number of amides is 1. The number of carbonyl (C=O) groups excluding carboxylic acids is 1. The summed E-state index contributed by atoms with van der Waals surface area (Å²) in [5.74, 6) is 0.574. The lowest BCUT2D eigenvalue weighted by molar-refractivity contribution is 0.0941. The Bertz CT molecular complexity index is 779. The molecule has 7 nitrogen and oxygen atoms in total. The van der Waals surface area contributed by atoms with Crippen molar-refractivity contribution >= 4 is 5.91 Å². The highest BCUT2D eigenvalue weighted by atomic mass is 16.5. The van der Waals surface area contributed by atoms with E-state index in [2.05, 4.69) is 32.6 Å². The Labute approximate surface area is 133 Å².